The molecule has 1 amide bonds. The molecule has 2 aliphatic rings. The van der Waals surface area contributed by atoms with Gasteiger partial charge in [0.15, 0.2) is 0 Å². The second kappa shape index (κ2) is 8.71. The number of nitrogens with zero attached hydrogens (tertiary/aromatic N) is 3. The highest BCUT2D eigenvalue weighted by atomic mass is 16.5. The van der Waals surface area contributed by atoms with E-state index in [1.54, 1.807) is 12.4 Å². The van der Waals surface area contributed by atoms with E-state index in [4.69, 9.17) is 4.74 Å². The standard InChI is InChI=1S/C22H28N4O2/c1-25-10-12-26(13-11-25)20-4-2-18(3-5-20)22(27)24-21-16-28-15-19(21)14-17-6-8-23-9-7-17/h2-9,19,21H,10-16H2,1H3,(H,24,27)/t19-,21+/m1/s1. The van der Waals surface area contributed by atoms with E-state index in [9.17, 15) is 4.79 Å². The van der Waals surface area contributed by atoms with E-state index in [-0.39, 0.29) is 17.9 Å². The van der Waals surface area contributed by atoms with Crippen molar-refractivity contribution >= 4 is 11.6 Å². The largest absolute Gasteiger partial charge is 0.379 e. The summed E-state index contributed by atoms with van der Waals surface area (Å²) in [5.74, 6) is 0.260. The molecule has 2 aromatic rings. The van der Waals surface area contributed by atoms with E-state index >= 15 is 0 Å². The number of pyridine rings is 1. The molecule has 0 bridgehead atoms. The minimum absolute atomic E-state index is 0.0276. The van der Waals surface area contributed by atoms with Crippen molar-refractivity contribution in [3.05, 3.63) is 59.9 Å². The lowest BCUT2D eigenvalue weighted by atomic mass is 9.95. The van der Waals surface area contributed by atoms with Crippen LogP contribution in [0.3, 0.4) is 0 Å². The van der Waals surface area contributed by atoms with Gasteiger partial charge < -0.3 is 19.9 Å². The molecule has 0 radical (unpaired) electrons. The number of piperazine rings is 1. The van der Waals surface area contributed by atoms with Crippen molar-refractivity contribution in [2.24, 2.45) is 5.92 Å². The molecule has 1 aromatic carbocycles. The summed E-state index contributed by atoms with van der Waals surface area (Å²) in [5, 5.41) is 3.17. The van der Waals surface area contributed by atoms with Crippen molar-refractivity contribution in [2.75, 3.05) is 51.3 Å². The SMILES string of the molecule is CN1CCN(c2ccc(C(=O)N[C@H]3COC[C@H]3Cc3ccncc3)cc2)CC1. The maximum Gasteiger partial charge on any atom is 0.251 e. The average Bonchev–Trinajstić information content (AvgIpc) is 3.16. The van der Waals surface area contributed by atoms with Crippen LogP contribution in [0.15, 0.2) is 48.8 Å². The van der Waals surface area contributed by atoms with Gasteiger partial charge in [-0.15, -0.1) is 0 Å². The van der Waals surface area contributed by atoms with Gasteiger partial charge in [0.2, 0.25) is 0 Å². The Kier molecular flexibility index (Phi) is 5.88. The number of hydrogen-bond acceptors (Lipinski definition) is 5. The molecule has 4 rings (SSSR count). The number of aromatic nitrogens is 1. The molecule has 2 saturated heterocycles. The van der Waals surface area contributed by atoms with Crippen molar-refractivity contribution in [1.82, 2.24) is 15.2 Å². The van der Waals surface area contributed by atoms with E-state index in [0.717, 1.165) is 32.6 Å². The van der Waals surface area contributed by atoms with Gasteiger partial charge in [-0.3, -0.25) is 9.78 Å². The second-order valence-electron chi connectivity index (χ2n) is 7.77. The number of hydrogen-bond donors (Lipinski definition) is 1. The Morgan fingerprint density at radius 3 is 2.50 bits per heavy atom. The van der Waals surface area contributed by atoms with Crippen LogP contribution in [0, 0.1) is 5.92 Å². The van der Waals surface area contributed by atoms with Gasteiger partial charge in [0.25, 0.3) is 5.91 Å². The third kappa shape index (κ3) is 4.51. The Morgan fingerprint density at radius 1 is 1.07 bits per heavy atom. The molecule has 0 saturated carbocycles. The molecular weight excluding hydrogens is 352 g/mol. The number of anilines is 1. The first-order valence-electron chi connectivity index (χ1n) is 10.00. The van der Waals surface area contributed by atoms with Gasteiger partial charge in [0, 0.05) is 55.7 Å². The molecule has 2 atom stereocenters. The topological polar surface area (TPSA) is 57.7 Å². The fourth-order valence-corrected chi connectivity index (χ4v) is 3.92. The molecule has 28 heavy (non-hydrogen) atoms. The number of carbonyl (C=O) groups excluding carboxylic acids is 1. The zero-order chi connectivity index (χ0) is 19.3. The predicted octanol–water partition coefficient (Wildman–Crippen LogP) is 1.82. The first-order valence-corrected chi connectivity index (χ1v) is 10.00. The number of amides is 1. The minimum Gasteiger partial charge on any atom is -0.379 e. The van der Waals surface area contributed by atoms with Crippen LogP contribution in [0.5, 0.6) is 0 Å². The number of carbonyl (C=O) groups is 1. The van der Waals surface area contributed by atoms with Crippen molar-refractivity contribution < 1.29 is 9.53 Å². The smallest absolute Gasteiger partial charge is 0.251 e. The van der Waals surface area contributed by atoms with Crippen molar-refractivity contribution in [2.45, 2.75) is 12.5 Å². The number of benzene rings is 1. The molecule has 1 aromatic heterocycles. The van der Waals surface area contributed by atoms with Gasteiger partial charge in [-0.1, -0.05) is 0 Å². The number of ether oxygens (including phenoxy) is 1. The van der Waals surface area contributed by atoms with Crippen LogP contribution >= 0.6 is 0 Å². The van der Waals surface area contributed by atoms with Crippen molar-refractivity contribution in [1.29, 1.82) is 0 Å². The van der Waals surface area contributed by atoms with Gasteiger partial charge in [-0.2, -0.15) is 0 Å². The molecule has 6 heteroatoms. The second-order valence-corrected chi connectivity index (χ2v) is 7.77. The molecule has 0 unspecified atom stereocenters. The van der Waals surface area contributed by atoms with Crippen LogP contribution < -0.4 is 10.2 Å². The first-order chi connectivity index (χ1) is 13.7. The highest BCUT2D eigenvalue weighted by Gasteiger charge is 2.30. The quantitative estimate of drug-likeness (QED) is 0.858. The van der Waals surface area contributed by atoms with Crippen LogP contribution in [0.4, 0.5) is 5.69 Å². The molecule has 2 aliphatic heterocycles. The zero-order valence-corrected chi connectivity index (χ0v) is 16.4. The minimum atomic E-state index is -0.0276. The summed E-state index contributed by atoms with van der Waals surface area (Å²) in [6, 6.07) is 12.0. The summed E-state index contributed by atoms with van der Waals surface area (Å²) in [7, 11) is 2.15. The van der Waals surface area contributed by atoms with Gasteiger partial charge in [0.05, 0.1) is 19.3 Å². The normalized spacial score (nSPS) is 23.0. The molecule has 148 valence electrons. The molecule has 1 N–H and O–H groups in total. The van der Waals surface area contributed by atoms with Gasteiger partial charge in [0.1, 0.15) is 0 Å². The third-order valence-corrected chi connectivity index (χ3v) is 5.76. The van der Waals surface area contributed by atoms with Crippen LogP contribution in [0.25, 0.3) is 0 Å². The third-order valence-electron chi connectivity index (χ3n) is 5.76. The fraction of sp³-hybridized carbons (Fsp3) is 0.455. The Labute approximate surface area is 166 Å². The van der Waals surface area contributed by atoms with Crippen LogP contribution in [-0.4, -0.2) is 68.3 Å². The maximum atomic E-state index is 12.7. The lowest BCUT2D eigenvalue weighted by Crippen LogP contribution is -2.44. The summed E-state index contributed by atoms with van der Waals surface area (Å²) >= 11 is 0. The fourth-order valence-electron chi connectivity index (χ4n) is 3.92. The predicted molar refractivity (Wildman–Crippen MR) is 110 cm³/mol. The molecule has 2 fully saturated rings. The van der Waals surface area contributed by atoms with Crippen LogP contribution in [0.1, 0.15) is 15.9 Å². The van der Waals surface area contributed by atoms with Crippen LogP contribution in [-0.2, 0) is 11.2 Å². The molecular formula is C22H28N4O2. The van der Waals surface area contributed by atoms with Gasteiger partial charge in [-0.05, 0) is 55.4 Å². The van der Waals surface area contributed by atoms with E-state index < -0.39 is 0 Å². The van der Waals surface area contributed by atoms with Crippen molar-refractivity contribution in [3.8, 4) is 0 Å². The maximum absolute atomic E-state index is 12.7. The van der Waals surface area contributed by atoms with E-state index in [2.05, 4.69) is 39.3 Å². The number of rotatable bonds is 5. The number of nitrogens with one attached hydrogen (secondary N) is 1. The summed E-state index contributed by atoms with van der Waals surface area (Å²) in [5.41, 5.74) is 3.11. The molecule has 3 heterocycles. The molecule has 0 aliphatic carbocycles. The Balaban J connectivity index is 1.35. The summed E-state index contributed by atoms with van der Waals surface area (Å²) in [4.78, 5) is 21.5. The Morgan fingerprint density at radius 2 is 1.79 bits per heavy atom. The average molecular weight is 380 g/mol. The number of likely N-dealkylation sites (N-methyl/N-ethyl adjacent to an activating group) is 1. The van der Waals surface area contributed by atoms with Crippen molar-refractivity contribution in [3.63, 3.8) is 0 Å². The monoisotopic (exact) mass is 380 g/mol. The lowest BCUT2D eigenvalue weighted by Gasteiger charge is -2.34. The highest BCUT2D eigenvalue weighted by molar-refractivity contribution is 5.94. The zero-order valence-electron chi connectivity index (χ0n) is 16.4. The summed E-state index contributed by atoms with van der Waals surface area (Å²) < 4.78 is 5.64. The summed E-state index contributed by atoms with van der Waals surface area (Å²) in [6.07, 6.45) is 4.50. The molecule has 6 nitrogen and oxygen atoms in total. The van der Waals surface area contributed by atoms with E-state index in [0.29, 0.717) is 18.8 Å². The van der Waals surface area contributed by atoms with E-state index in [1.165, 1.54) is 11.3 Å². The lowest BCUT2D eigenvalue weighted by molar-refractivity contribution is 0.0925. The first kappa shape index (κ1) is 18.9. The van der Waals surface area contributed by atoms with Gasteiger partial charge >= 0.3 is 0 Å². The summed E-state index contributed by atoms with van der Waals surface area (Å²) in [6.45, 7) is 5.44. The highest BCUT2D eigenvalue weighted by Crippen LogP contribution is 2.21. The Hall–Kier alpha value is -2.44. The van der Waals surface area contributed by atoms with E-state index in [1.807, 2.05) is 24.3 Å². The Bertz CT molecular complexity index is 773. The van der Waals surface area contributed by atoms with Gasteiger partial charge in [-0.25, -0.2) is 0 Å². The van der Waals surface area contributed by atoms with Crippen LogP contribution in [0.2, 0.25) is 0 Å². The molecule has 0 spiro atoms.